The highest BCUT2D eigenvalue weighted by Crippen LogP contribution is 2.37. The number of carbonyl (C=O) groups is 1. The van der Waals surface area contributed by atoms with E-state index in [0.29, 0.717) is 5.69 Å². The Hall–Kier alpha value is -3.51. The topological polar surface area (TPSA) is 64.0 Å². The SMILES string of the molecule is CC(C(=O)Nc1ccc2c(c1)Cc1ccccc1-2)n1nc(-c2cccs2)ccc1=O. The Labute approximate surface area is 177 Å². The fourth-order valence-corrected chi connectivity index (χ4v) is 4.53. The molecule has 1 aliphatic carbocycles. The highest BCUT2D eigenvalue weighted by molar-refractivity contribution is 7.13. The van der Waals surface area contributed by atoms with Crippen molar-refractivity contribution in [3.8, 4) is 21.7 Å². The Morgan fingerprint density at radius 3 is 2.70 bits per heavy atom. The van der Waals surface area contributed by atoms with Crippen molar-refractivity contribution in [3.05, 3.63) is 93.6 Å². The third-order valence-corrected chi connectivity index (χ3v) is 6.30. The zero-order valence-electron chi connectivity index (χ0n) is 16.3. The van der Waals surface area contributed by atoms with Gasteiger partial charge in [-0.15, -0.1) is 11.3 Å². The van der Waals surface area contributed by atoms with Gasteiger partial charge in [-0.1, -0.05) is 36.4 Å². The number of thiophene rings is 1. The minimum absolute atomic E-state index is 0.275. The monoisotopic (exact) mass is 413 g/mol. The van der Waals surface area contributed by atoms with Crippen molar-refractivity contribution in [1.29, 1.82) is 0 Å². The first-order valence-corrected chi connectivity index (χ1v) is 10.6. The van der Waals surface area contributed by atoms with Gasteiger partial charge in [0.2, 0.25) is 5.91 Å². The Kier molecular flexibility index (Phi) is 4.56. The maximum Gasteiger partial charge on any atom is 0.267 e. The quantitative estimate of drug-likeness (QED) is 0.463. The maximum atomic E-state index is 12.9. The molecule has 1 N–H and O–H groups in total. The van der Waals surface area contributed by atoms with Crippen LogP contribution in [0.4, 0.5) is 5.69 Å². The van der Waals surface area contributed by atoms with Crippen LogP contribution >= 0.6 is 11.3 Å². The Morgan fingerprint density at radius 2 is 1.87 bits per heavy atom. The van der Waals surface area contributed by atoms with Crippen molar-refractivity contribution in [2.45, 2.75) is 19.4 Å². The molecule has 1 atom stereocenters. The molecule has 1 amide bonds. The fourth-order valence-electron chi connectivity index (χ4n) is 3.84. The van der Waals surface area contributed by atoms with E-state index < -0.39 is 6.04 Å². The van der Waals surface area contributed by atoms with Crippen molar-refractivity contribution >= 4 is 22.9 Å². The molecule has 0 aliphatic heterocycles. The van der Waals surface area contributed by atoms with Crippen molar-refractivity contribution in [2.75, 3.05) is 5.32 Å². The largest absolute Gasteiger partial charge is 0.324 e. The molecule has 2 heterocycles. The molecular formula is C24H19N3O2S. The van der Waals surface area contributed by atoms with E-state index in [-0.39, 0.29) is 11.5 Å². The first kappa shape index (κ1) is 18.5. The van der Waals surface area contributed by atoms with Gasteiger partial charge in [-0.3, -0.25) is 9.59 Å². The lowest BCUT2D eigenvalue weighted by Crippen LogP contribution is -2.33. The van der Waals surface area contributed by atoms with Gasteiger partial charge in [-0.2, -0.15) is 5.10 Å². The zero-order chi connectivity index (χ0) is 20.7. The number of nitrogens with zero attached hydrogens (tertiary/aromatic N) is 2. The normalized spacial score (nSPS) is 12.8. The Balaban J connectivity index is 1.38. The van der Waals surface area contributed by atoms with Gasteiger partial charge >= 0.3 is 0 Å². The highest BCUT2D eigenvalue weighted by Gasteiger charge is 2.21. The standard InChI is InChI=1S/C24H19N3O2S/c1-15(27-23(28)11-10-21(26-27)22-7-4-12-30-22)24(29)25-18-8-9-20-17(14-18)13-16-5-2-3-6-19(16)20/h2-12,14-15H,13H2,1H3,(H,25,29). The van der Waals surface area contributed by atoms with Crippen LogP contribution in [0.15, 0.2) is 76.9 Å². The van der Waals surface area contributed by atoms with Gasteiger partial charge in [-0.25, -0.2) is 4.68 Å². The predicted molar refractivity (Wildman–Crippen MR) is 120 cm³/mol. The lowest BCUT2D eigenvalue weighted by atomic mass is 10.1. The molecule has 5 rings (SSSR count). The number of fused-ring (bicyclic) bond motifs is 3. The first-order valence-electron chi connectivity index (χ1n) is 9.76. The van der Waals surface area contributed by atoms with E-state index >= 15 is 0 Å². The number of hydrogen-bond donors (Lipinski definition) is 1. The van der Waals surface area contributed by atoms with E-state index in [9.17, 15) is 9.59 Å². The van der Waals surface area contributed by atoms with Crippen LogP contribution in [0.3, 0.4) is 0 Å². The summed E-state index contributed by atoms with van der Waals surface area (Å²) in [5.74, 6) is -0.275. The van der Waals surface area contributed by atoms with Crippen LogP contribution in [-0.2, 0) is 11.2 Å². The zero-order valence-corrected chi connectivity index (χ0v) is 17.1. The van der Waals surface area contributed by atoms with E-state index in [1.165, 1.54) is 33.0 Å². The average Bonchev–Trinajstić information content (AvgIpc) is 3.41. The summed E-state index contributed by atoms with van der Waals surface area (Å²) in [4.78, 5) is 26.2. The first-order chi connectivity index (χ1) is 14.6. The molecule has 1 aliphatic rings. The summed E-state index contributed by atoms with van der Waals surface area (Å²) in [5, 5.41) is 9.31. The molecule has 4 aromatic rings. The molecular weight excluding hydrogens is 394 g/mol. The summed E-state index contributed by atoms with van der Waals surface area (Å²) in [6.07, 6.45) is 0.856. The Bertz CT molecular complexity index is 1310. The summed E-state index contributed by atoms with van der Waals surface area (Å²) in [6.45, 7) is 1.69. The summed E-state index contributed by atoms with van der Waals surface area (Å²) in [5.41, 5.74) is 6.04. The van der Waals surface area contributed by atoms with Crippen molar-refractivity contribution < 1.29 is 4.79 Å². The molecule has 0 fully saturated rings. The number of anilines is 1. The van der Waals surface area contributed by atoms with Crippen molar-refractivity contribution in [3.63, 3.8) is 0 Å². The third-order valence-electron chi connectivity index (χ3n) is 5.41. The fraction of sp³-hybridized carbons (Fsp3) is 0.125. The summed E-state index contributed by atoms with van der Waals surface area (Å²) >= 11 is 1.54. The number of aromatic nitrogens is 2. The molecule has 0 saturated heterocycles. The van der Waals surface area contributed by atoms with E-state index in [4.69, 9.17) is 0 Å². The van der Waals surface area contributed by atoms with Crippen LogP contribution in [0.5, 0.6) is 0 Å². The van der Waals surface area contributed by atoms with E-state index in [1.807, 2.05) is 47.8 Å². The molecule has 30 heavy (non-hydrogen) atoms. The molecule has 2 aromatic carbocycles. The summed E-state index contributed by atoms with van der Waals surface area (Å²) < 4.78 is 1.24. The van der Waals surface area contributed by atoms with E-state index in [0.717, 1.165) is 17.0 Å². The van der Waals surface area contributed by atoms with Gasteiger partial charge in [0.1, 0.15) is 11.7 Å². The van der Waals surface area contributed by atoms with Crippen molar-refractivity contribution in [2.24, 2.45) is 0 Å². The average molecular weight is 414 g/mol. The predicted octanol–water partition coefficient (Wildman–Crippen LogP) is 4.74. The van der Waals surface area contributed by atoms with Crippen LogP contribution in [0.25, 0.3) is 21.7 Å². The van der Waals surface area contributed by atoms with Gasteiger partial charge in [-0.05, 0) is 65.2 Å². The number of amides is 1. The van der Waals surface area contributed by atoms with Gasteiger partial charge in [0.15, 0.2) is 0 Å². The summed E-state index contributed by atoms with van der Waals surface area (Å²) in [6, 6.07) is 20.6. The van der Waals surface area contributed by atoms with Crippen LogP contribution in [0.1, 0.15) is 24.1 Å². The van der Waals surface area contributed by atoms with Crippen LogP contribution in [-0.4, -0.2) is 15.7 Å². The number of benzene rings is 2. The molecule has 2 aromatic heterocycles. The van der Waals surface area contributed by atoms with E-state index in [2.05, 4.69) is 22.5 Å². The van der Waals surface area contributed by atoms with Crippen LogP contribution < -0.4 is 10.9 Å². The van der Waals surface area contributed by atoms with Gasteiger partial charge in [0.05, 0.1) is 4.88 Å². The van der Waals surface area contributed by atoms with Gasteiger partial charge in [0.25, 0.3) is 5.56 Å². The van der Waals surface area contributed by atoms with Crippen LogP contribution in [0, 0.1) is 0 Å². The van der Waals surface area contributed by atoms with E-state index in [1.54, 1.807) is 24.3 Å². The lowest BCUT2D eigenvalue weighted by molar-refractivity contribution is -0.119. The summed E-state index contributed by atoms with van der Waals surface area (Å²) in [7, 11) is 0. The molecule has 148 valence electrons. The molecule has 0 bridgehead atoms. The second kappa shape index (κ2) is 7.39. The van der Waals surface area contributed by atoms with Crippen LogP contribution in [0.2, 0.25) is 0 Å². The molecule has 5 nitrogen and oxygen atoms in total. The molecule has 6 heteroatoms. The second-order valence-corrected chi connectivity index (χ2v) is 8.30. The molecule has 1 unspecified atom stereocenters. The lowest BCUT2D eigenvalue weighted by Gasteiger charge is -2.15. The maximum absolute atomic E-state index is 12.9. The number of rotatable bonds is 4. The smallest absolute Gasteiger partial charge is 0.267 e. The number of nitrogens with one attached hydrogen (secondary N) is 1. The highest BCUT2D eigenvalue weighted by atomic mass is 32.1. The molecule has 0 saturated carbocycles. The second-order valence-electron chi connectivity index (χ2n) is 7.35. The Morgan fingerprint density at radius 1 is 1.03 bits per heavy atom. The third kappa shape index (κ3) is 3.25. The number of carbonyl (C=O) groups excluding carboxylic acids is 1. The molecule has 0 spiro atoms. The minimum Gasteiger partial charge on any atom is -0.324 e. The van der Waals surface area contributed by atoms with Gasteiger partial charge in [0, 0.05) is 11.8 Å². The van der Waals surface area contributed by atoms with Crippen molar-refractivity contribution in [1.82, 2.24) is 9.78 Å². The number of hydrogen-bond acceptors (Lipinski definition) is 4. The van der Waals surface area contributed by atoms with Gasteiger partial charge < -0.3 is 5.32 Å². The molecule has 0 radical (unpaired) electrons. The minimum atomic E-state index is -0.733.